The monoisotopic (exact) mass is 300 g/mol. The summed E-state index contributed by atoms with van der Waals surface area (Å²) in [6.45, 7) is 0. The lowest BCUT2D eigenvalue weighted by Gasteiger charge is -2.01. The van der Waals surface area contributed by atoms with Gasteiger partial charge in [-0.05, 0) is 12.1 Å². The predicted octanol–water partition coefficient (Wildman–Crippen LogP) is 1.12. The maximum atomic E-state index is 10.5. The highest BCUT2D eigenvalue weighted by Crippen LogP contribution is 2.22. The molecular formula is C7H4N6O8. The maximum absolute atomic E-state index is 10.5. The van der Waals surface area contributed by atoms with E-state index >= 15 is 0 Å². The van der Waals surface area contributed by atoms with Crippen LogP contribution in [0.3, 0.4) is 0 Å². The van der Waals surface area contributed by atoms with Crippen molar-refractivity contribution in [1.82, 2.24) is 0 Å². The van der Waals surface area contributed by atoms with E-state index in [1.54, 1.807) is 0 Å². The second-order valence-corrected chi connectivity index (χ2v) is 3.34. The number of nitro benzene ring substituents is 1. The van der Waals surface area contributed by atoms with Crippen molar-refractivity contribution in [1.29, 1.82) is 0 Å². The molecule has 21 heavy (non-hydrogen) atoms. The molecule has 0 atom stereocenters. The minimum Gasteiger partial charge on any atom is -0.258 e. The van der Waals surface area contributed by atoms with Crippen LogP contribution >= 0.6 is 0 Å². The highest BCUT2D eigenvalue weighted by Gasteiger charge is 2.73. The van der Waals surface area contributed by atoms with Crippen LogP contribution in [-0.2, 0) is 0 Å². The fourth-order valence-electron chi connectivity index (χ4n) is 1.08. The smallest absolute Gasteiger partial charge is 0.258 e. The Morgan fingerprint density at radius 1 is 0.810 bits per heavy atom. The van der Waals surface area contributed by atoms with E-state index in [0.717, 1.165) is 24.3 Å². The molecule has 1 aromatic rings. The Labute approximate surface area is 113 Å². The van der Waals surface area contributed by atoms with Gasteiger partial charge in [-0.1, -0.05) is 0 Å². The zero-order valence-electron chi connectivity index (χ0n) is 9.76. The molecule has 0 spiro atoms. The van der Waals surface area contributed by atoms with Crippen molar-refractivity contribution < 1.29 is 19.7 Å². The molecule has 0 aliphatic heterocycles. The number of azo groups is 1. The molecule has 0 radical (unpaired) electrons. The average molecular weight is 300 g/mol. The molecule has 0 fully saturated rings. The van der Waals surface area contributed by atoms with Crippen LogP contribution in [0.1, 0.15) is 0 Å². The third-order valence-electron chi connectivity index (χ3n) is 2.10. The fraction of sp³-hybridized carbons (Fsp3) is 0.143. The van der Waals surface area contributed by atoms with Crippen molar-refractivity contribution in [3.63, 3.8) is 0 Å². The van der Waals surface area contributed by atoms with E-state index in [0.29, 0.717) is 0 Å². The molecule has 110 valence electrons. The quantitative estimate of drug-likeness (QED) is 0.322. The van der Waals surface area contributed by atoms with Crippen molar-refractivity contribution >= 4 is 11.4 Å². The largest absolute Gasteiger partial charge is 0.836 e. The van der Waals surface area contributed by atoms with Gasteiger partial charge in [0.25, 0.3) is 5.69 Å². The lowest BCUT2D eigenvalue weighted by atomic mass is 10.3. The average Bonchev–Trinajstić information content (AvgIpc) is 2.38. The molecule has 0 saturated carbocycles. The second-order valence-electron chi connectivity index (χ2n) is 3.34. The zero-order chi connectivity index (χ0) is 16.2. The maximum Gasteiger partial charge on any atom is 0.836 e. The number of nitrogens with zero attached hydrogens (tertiary/aromatic N) is 6. The minimum absolute atomic E-state index is 0.268. The lowest BCUT2D eigenvalue weighted by Crippen LogP contribution is -2.51. The highest BCUT2D eigenvalue weighted by atomic mass is 16.7. The third kappa shape index (κ3) is 2.88. The highest BCUT2D eigenvalue weighted by molar-refractivity contribution is 5.43. The van der Waals surface area contributed by atoms with Crippen LogP contribution < -0.4 is 0 Å². The topological polar surface area (TPSA) is 197 Å². The molecule has 14 heteroatoms. The standard InChI is InChI=1S/C7H4N6O8/c14-10(15)6-3-1-5(2-4-6)8-9-7(11(16)17,12(18)19)13(20)21/h1-4H. The summed E-state index contributed by atoms with van der Waals surface area (Å²) >= 11 is 0. The summed E-state index contributed by atoms with van der Waals surface area (Å²) in [6.07, 6.45) is 0. The van der Waals surface area contributed by atoms with Crippen LogP contribution in [0.5, 0.6) is 0 Å². The number of hydrogen-bond donors (Lipinski definition) is 0. The normalized spacial score (nSPS) is 11.2. The van der Waals surface area contributed by atoms with Gasteiger partial charge in [0.1, 0.15) is 0 Å². The van der Waals surface area contributed by atoms with E-state index in [-0.39, 0.29) is 11.4 Å². The molecule has 0 saturated heterocycles. The van der Waals surface area contributed by atoms with Crippen LogP contribution in [0.2, 0.25) is 0 Å². The first-order valence-corrected chi connectivity index (χ1v) is 4.82. The molecular weight excluding hydrogens is 296 g/mol. The van der Waals surface area contributed by atoms with E-state index in [9.17, 15) is 40.5 Å². The van der Waals surface area contributed by atoms with E-state index < -0.39 is 25.6 Å². The Bertz CT molecular complexity index is 603. The molecule has 14 nitrogen and oxygen atoms in total. The molecule has 0 unspecified atom stereocenters. The van der Waals surface area contributed by atoms with E-state index in [2.05, 4.69) is 10.2 Å². The molecule has 0 aromatic heterocycles. The summed E-state index contributed by atoms with van der Waals surface area (Å²) in [5.41, 5.74) is -0.603. The summed E-state index contributed by atoms with van der Waals surface area (Å²) < 4.78 is 0. The van der Waals surface area contributed by atoms with Gasteiger partial charge < -0.3 is 0 Å². The summed E-state index contributed by atoms with van der Waals surface area (Å²) in [5, 5.41) is 47.6. The fourth-order valence-corrected chi connectivity index (χ4v) is 1.08. The van der Waals surface area contributed by atoms with Gasteiger partial charge in [0.05, 0.1) is 10.6 Å². The van der Waals surface area contributed by atoms with Gasteiger partial charge in [0, 0.05) is 17.2 Å². The van der Waals surface area contributed by atoms with Crippen LogP contribution in [0.25, 0.3) is 0 Å². The van der Waals surface area contributed by atoms with E-state index in [4.69, 9.17) is 0 Å². The molecule has 0 bridgehead atoms. The van der Waals surface area contributed by atoms with Crippen LogP contribution in [-0.4, -0.2) is 25.6 Å². The number of hydrogen-bond acceptors (Lipinski definition) is 10. The number of non-ortho nitro benzene ring substituents is 1. The Morgan fingerprint density at radius 2 is 1.24 bits per heavy atom. The lowest BCUT2D eigenvalue weighted by molar-refractivity contribution is -0.969. The van der Waals surface area contributed by atoms with Gasteiger partial charge in [-0.2, -0.15) is 0 Å². The van der Waals surface area contributed by atoms with Crippen molar-refractivity contribution in [3.8, 4) is 0 Å². The first-order valence-electron chi connectivity index (χ1n) is 4.82. The molecule has 0 aliphatic carbocycles. The summed E-state index contributed by atoms with van der Waals surface area (Å²) in [5.74, 6) is -4.07. The van der Waals surface area contributed by atoms with Crippen LogP contribution in [0, 0.1) is 40.5 Å². The van der Waals surface area contributed by atoms with Gasteiger partial charge in [0.2, 0.25) is 14.8 Å². The van der Waals surface area contributed by atoms with Gasteiger partial charge >= 0.3 is 5.91 Å². The Balaban J connectivity index is 3.20. The molecule has 0 amide bonds. The summed E-state index contributed by atoms with van der Waals surface area (Å²) in [4.78, 5) is 35.8. The van der Waals surface area contributed by atoms with E-state index in [1.807, 2.05) is 0 Å². The molecule has 1 rings (SSSR count). The second kappa shape index (κ2) is 5.59. The molecule has 0 aliphatic rings. The SMILES string of the molecule is O=[N+]([O-])c1ccc(N=NC([N+](=O)[O-])([N+](=O)[O-])[N+](=O)[O-])cc1. The van der Waals surface area contributed by atoms with Crippen LogP contribution in [0.15, 0.2) is 34.5 Å². The predicted molar refractivity (Wildman–Crippen MR) is 61.3 cm³/mol. The Kier molecular flexibility index (Phi) is 4.12. The Morgan fingerprint density at radius 3 is 1.57 bits per heavy atom. The van der Waals surface area contributed by atoms with Crippen molar-refractivity contribution in [2.45, 2.75) is 5.91 Å². The zero-order valence-corrected chi connectivity index (χ0v) is 9.76. The van der Waals surface area contributed by atoms with Gasteiger partial charge in [-0.25, -0.2) is 0 Å². The van der Waals surface area contributed by atoms with Crippen molar-refractivity contribution in [3.05, 3.63) is 64.7 Å². The van der Waals surface area contributed by atoms with Crippen molar-refractivity contribution in [2.24, 2.45) is 10.2 Å². The molecule has 0 heterocycles. The Hall–Kier alpha value is -3.58. The van der Waals surface area contributed by atoms with Gasteiger partial charge in [0.15, 0.2) is 0 Å². The number of nitro groups is 4. The summed E-state index contributed by atoms with van der Waals surface area (Å²) in [6, 6.07) is 3.82. The van der Waals surface area contributed by atoms with Gasteiger partial charge in [-0.15, -0.1) is 5.11 Å². The van der Waals surface area contributed by atoms with Gasteiger partial charge in [-0.3, -0.25) is 40.5 Å². The number of rotatable bonds is 6. The van der Waals surface area contributed by atoms with Crippen LogP contribution in [0.4, 0.5) is 11.4 Å². The summed E-state index contributed by atoms with van der Waals surface area (Å²) in [7, 11) is 0. The third-order valence-corrected chi connectivity index (χ3v) is 2.10. The first-order chi connectivity index (χ1) is 9.71. The minimum atomic E-state index is -4.07. The molecule has 0 N–H and O–H groups in total. The van der Waals surface area contributed by atoms with Crippen molar-refractivity contribution in [2.75, 3.05) is 0 Å². The van der Waals surface area contributed by atoms with E-state index in [1.165, 1.54) is 0 Å². The molecule has 1 aromatic carbocycles. The first kappa shape index (κ1) is 15.5. The number of benzene rings is 1.